The van der Waals surface area contributed by atoms with Crippen LogP contribution in [0.2, 0.25) is 0 Å². The topological polar surface area (TPSA) is 20.2 Å². The summed E-state index contributed by atoms with van der Waals surface area (Å²) >= 11 is 3.17. The SMILES string of the molecule is [B]c1cc(O)cc(Br)c1. The number of phenolic OH excluding ortho intramolecular Hbond substituents is 1. The quantitative estimate of drug-likeness (QED) is 0.593. The largest absolute Gasteiger partial charge is 0.508 e. The molecule has 0 saturated carbocycles. The number of hydrogen-bond donors (Lipinski definition) is 1. The van der Waals surface area contributed by atoms with Gasteiger partial charge in [0.25, 0.3) is 0 Å². The summed E-state index contributed by atoms with van der Waals surface area (Å²) in [5.41, 5.74) is 0.557. The van der Waals surface area contributed by atoms with Crippen LogP contribution in [-0.4, -0.2) is 13.0 Å². The Morgan fingerprint density at radius 1 is 1.33 bits per heavy atom. The molecule has 9 heavy (non-hydrogen) atoms. The third-order valence-corrected chi connectivity index (χ3v) is 1.36. The molecule has 0 atom stereocenters. The molecule has 0 spiro atoms. The van der Waals surface area contributed by atoms with Crippen molar-refractivity contribution in [2.75, 3.05) is 0 Å². The van der Waals surface area contributed by atoms with E-state index < -0.39 is 0 Å². The fraction of sp³-hybridized carbons (Fsp3) is 0. The van der Waals surface area contributed by atoms with Crippen LogP contribution < -0.4 is 5.46 Å². The van der Waals surface area contributed by atoms with Gasteiger partial charge in [-0.05, 0) is 12.1 Å². The molecule has 0 aliphatic heterocycles. The van der Waals surface area contributed by atoms with Gasteiger partial charge in [-0.25, -0.2) is 0 Å². The number of phenols is 1. The molecule has 3 heteroatoms. The molecule has 1 N–H and O–H groups in total. The van der Waals surface area contributed by atoms with Gasteiger partial charge in [-0.15, -0.1) is 0 Å². The molecule has 0 aliphatic carbocycles. The van der Waals surface area contributed by atoms with Crippen LogP contribution in [0.1, 0.15) is 0 Å². The summed E-state index contributed by atoms with van der Waals surface area (Å²) < 4.78 is 0.792. The average Bonchev–Trinajstić information content (AvgIpc) is 1.59. The standard InChI is InChI=1S/C6H4BBrO/c7-4-1-5(8)3-6(9)2-4/h1-3,9H. The van der Waals surface area contributed by atoms with Crippen LogP contribution in [0.5, 0.6) is 5.75 Å². The van der Waals surface area contributed by atoms with Gasteiger partial charge in [0.2, 0.25) is 0 Å². The van der Waals surface area contributed by atoms with Crippen LogP contribution in [0.4, 0.5) is 0 Å². The van der Waals surface area contributed by atoms with Crippen molar-refractivity contribution >= 4 is 29.2 Å². The van der Waals surface area contributed by atoms with Crippen LogP contribution >= 0.6 is 15.9 Å². The van der Waals surface area contributed by atoms with E-state index in [-0.39, 0.29) is 5.75 Å². The second-order valence-corrected chi connectivity index (χ2v) is 2.66. The van der Waals surface area contributed by atoms with E-state index in [0.717, 1.165) is 4.47 Å². The first-order valence-corrected chi connectivity index (χ1v) is 3.23. The number of aromatic hydroxyl groups is 1. The maximum atomic E-state index is 8.88. The molecular weight excluding hydrogens is 179 g/mol. The summed E-state index contributed by atoms with van der Waals surface area (Å²) in [4.78, 5) is 0. The highest BCUT2D eigenvalue weighted by atomic mass is 79.9. The maximum absolute atomic E-state index is 8.88. The van der Waals surface area contributed by atoms with Gasteiger partial charge in [-0.1, -0.05) is 27.5 Å². The Morgan fingerprint density at radius 2 is 2.00 bits per heavy atom. The van der Waals surface area contributed by atoms with Crippen molar-refractivity contribution in [2.45, 2.75) is 0 Å². The summed E-state index contributed by atoms with van der Waals surface area (Å²) in [6.45, 7) is 0. The lowest BCUT2D eigenvalue weighted by Gasteiger charge is -1.95. The summed E-state index contributed by atoms with van der Waals surface area (Å²) in [7, 11) is 5.37. The highest BCUT2D eigenvalue weighted by Gasteiger charge is 1.90. The fourth-order valence-electron chi connectivity index (χ4n) is 0.596. The Balaban J connectivity index is 3.17. The molecule has 1 nitrogen and oxygen atoms in total. The Hall–Kier alpha value is -0.435. The van der Waals surface area contributed by atoms with Gasteiger partial charge >= 0.3 is 0 Å². The molecular formula is C6H4BBrO. The van der Waals surface area contributed by atoms with Crippen molar-refractivity contribution in [1.29, 1.82) is 0 Å². The zero-order valence-electron chi connectivity index (χ0n) is 4.63. The van der Waals surface area contributed by atoms with Crippen molar-refractivity contribution in [3.63, 3.8) is 0 Å². The molecule has 0 aliphatic rings. The molecule has 0 heterocycles. The first-order valence-electron chi connectivity index (χ1n) is 2.43. The summed E-state index contributed by atoms with van der Waals surface area (Å²) in [5, 5.41) is 8.88. The Morgan fingerprint density at radius 3 is 2.44 bits per heavy atom. The smallest absolute Gasteiger partial charge is 0.116 e. The molecule has 2 radical (unpaired) electrons. The predicted molar refractivity (Wildman–Crippen MR) is 41.2 cm³/mol. The number of rotatable bonds is 0. The van der Waals surface area contributed by atoms with Crippen molar-refractivity contribution in [3.8, 4) is 5.75 Å². The van der Waals surface area contributed by atoms with E-state index in [9.17, 15) is 0 Å². The fourth-order valence-corrected chi connectivity index (χ4v) is 1.10. The van der Waals surface area contributed by atoms with E-state index in [1.807, 2.05) is 0 Å². The van der Waals surface area contributed by atoms with Crippen LogP contribution in [0.3, 0.4) is 0 Å². The lowest BCUT2D eigenvalue weighted by molar-refractivity contribution is 0.475. The third-order valence-electron chi connectivity index (χ3n) is 0.905. The highest BCUT2D eigenvalue weighted by molar-refractivity contribution is 9.10. The Bertz CT molecular complexity index is 174. The van der Waals surface area contributed by atoms with E-state index >= 15 is 0 Å². The van der Waals surface area contributed by atoms with Crippen molar-refractivity contribution in [2.24, 2.45) is 0 Å². The van der Waals surface area contributed by atoms with E-state index in [4.69, 9.17) is 13.0 Å². The van der Waals surface area contributed by atoms with Gasteiger partial charge in [0.15, 0.2) is 0 Å². The lowest BCUT2D eigenvalue weighted by Crippen LogP contribution is -1.99. The van der Waals surface area contributed by atoms with Crippen LogP contribution in [-0.2, 0) is 0 Å². The second kappa shape index (κ2) is 2.44. The van der Waals surface area contributed by atoms with E-state index in [0.29, 0.717) is 5.46 Å². The minimum absolute atomic E-state index is 0.182. The highest BCUT2D eigenvalue weighted by Crippen LogP contribution is 2.13. The molecule has 0 unspecified atom stereocenters. The summed E-state index contributed by atoms with van der Waals surface area (Å²) in [6, 6.07) is 4.79. The molecule has 1 aromatic carbocycles. The molecule has 0 fully saturated rings. The van der Waals surface area contributed by atoms with Gasteiger partial charge in [0, 0.05) is 4.47 Å². The summed E-state index contributed by atoms with van der Waals surface area (Å²) in [5.74, 6) is 0.182. The molecule has 44 valence electrons. The van der Waals surface area contributed by atoms with E-state index in [1.54, 1.807) is 12.1 Å². The Kier molecular flexibility index (Phi) is 1.81. The molecule has 0 bridgehead atoms. The minimum Gasteiger partial charge on any atom is -0.508 e. The maximum Gasteiger partial charge on any atom is 0.116 e. The zero-order valence-corrected chi connectivity index (χ0v) is 6.22. The van der Waals surface area contributed by atoms with Crippen molar-refractivity contribution in [3.05, 3.63) is 22.7 Å². The van der Waals surface area contributed by atoms with Crippen molar-refractivity contribution in [1.82, 2.24) is 0 Å². The van der Waals surface area contributed by atoms with Gasteiger partial charge in [0.05, 0.1) is 0 Å². The molecule has 1 rings (SSSR count). The van der Waals surface area contributed by atoms with Gasteiger partial charge in [-0.3, -0.25) is 0 Å². The van der Waals surface area contributed by atoms with Gasteiger partial charge < -0.3 is 5.11 Å². The number of hydrogen-bond acceptors (Lipinski definition) is 1. The van der Waals surface area contributed by atoms with E-state index in [2.05, 4.69) is 15.9 Å². The number of halogens is 1. The monoisotopic (exact) mass is 182 g/mol. The lowest BCUT2D eigenvalue weighted by atomic mass is 9.96. The molecule has 0 amide bonds. The van der Waals surface area contributed by atoms with Crippen LogP contribution in [0.15, 0.2) is 22.7 Å². The zero-order chi connectivity index (χ0) is 6.85. The normalized spacial score (nSPS) is 9.44. The summed E-state index contributed by atoms with van der Waals surface area (Å²) in [6.07, 6.45) is 0. The second-order valence-electron chi connectivity index (χ2n) is 1.74. The van der Waals surface area contributed by atoms with Crippen molar-refractivity contribution < 1.29 is 5.11 Å². The number of benzene rings is 1. The van der Waals surface area contributed by atoms with Gasteiger partial charge in [-0.2, -0.15) is 0 Å². The first-order chi connectivity index (χ1) is 4.18. The Labute approximate surface area is 63.2 Å². The minimum atomic E-state index is 0.182. The predicted octanol–water partition coefficient (Wildman–Crippen LogP) is 0.949. The van der Waals surface area contributed by atoms with Gasteiger partial charge in [0.1, 0.15) is 13.6 Å². The van der Waals surface area contributed by atoms with Crippen LogP contribution in [0.25, 0.3) is 0 Å². The van der Waals surface area contributed by atoms with Crippen LogP contribution in [0, 0.1) is 0 Å². The van der Waals surface area contributed by atoms with E-state index in [1.165, 1.54) is 6.07 Å². The molecule has 0 aromatic heterocycles. The first kappa shape index (κ1) is 6.68. The average molecular weight is 183 g/mol. The molecule has 0 saturated heterocycles. The third kappa shape index (κ3) is 1.75. The molecule has 1 aromatic rings.